The molecule has 1 aliphatic rings. The van der Waals surface area contributed by atoms with Crippen molar-refractivity contribution in [2.75, 3.05) is 34.2 Å². The van der Waals surface area contributed by atoms with E-state index < -0.39 is 6.04 Å². The number of likely N-dealkylation sites (tertiary alicyclic amines) is 1. The van der Waals surface area contributed by atoms with Crippen molar-refractivity contribution >= 4 is 18.1 Å². The van der Waals surface area contributed by atoms with Gasteiger partial charge in [0.25, 0.3) is 5.91 Å². The van der Waals surface area contributed by atoms with Crippen LogP contribution in [0.15, 0.2) is 30.9 Å². The van der Waals surface area contributed by atoms with Gasteiger partial charge in [0, 0.05) is 19.7 Å². The molecule has 0 saturated carbocycles. The van der Waals surface area contributed by atoms with Crippen LogP contribution >= 0.6 is 0 Å². The molecule has 0 aliphatic carbocycles. The Morgan fingerprint density at radius 1 is 1.30 bits per heavy atom. The molecule has 1 unspecified atom stereocenters. The lowest BCUT2D eigenvalue weighted by Crippen LogP contribution is -2.47. The normalized spacial score (nSPS) is 15.4. The molecular formula is C24H37N3O3. The van der Waals surface area contributed by atoms with Crippen molar-refractivity contribution in [2.24, 2.45) is 0 Å². The van der Waals surface area contributed by atoms with Crippen molar-refractivity contribution in [2.45, 2.75) is 51.5 Å². The molecule has 0 radical (unpaired) electrons. The van der Waals surface area contributed by atoms with Crippen LogP contribution in [0.5, 0.6) is 0 Å². The number of carbonyl (C=O) groups excluding carboxylic acids is 3. The van der Waals surface area contributed by atoms with Gasteiger partial charge in [-0.2, -0.15) is 0 Å². The van der Waals surface area contributed by atoms with E-state index in [4.69, 9.17) is 0 Å². The summed E-state index contributed by atoms with van der Waals surface area (Å²) in [5.74, 6) is -0.147. The maximum atomic E-state index is 13.0. The van der Waals surface area contributed by atoms with Gasteiger partial charge in [-0.05, 0) is 69.4 Å². The van der Waals surface area contributed by atoms with E-state index in [2.05, 4.69) is 23.8 Å². The highest BCUT2D eigenvalue weighted by molar-refractivity contribution is 6.03. The monoisotopic (exact) mass is 415 g/mol. The molecule has 6 heteroatoms. The Morgan fingerprint density at radius 2 is 1.93 bits per heavy atom. The zero-order valence-electron chi connectivity index (χ0n) is 19.1. The molecule has 1 fully saturated rings. The number of likely N-dealkylation sites (N-methyl/N-ethyl adjacent to an activating group) is 2. The van der Waals surface area contributed by atoms with E-state index in [9.17, 15) is 14.4 Å². The second-order valence-corrected chi connectivity index (χ2v) is 7.45. The Kier molecular flexibility index (Phi) is 11.0. The van der Waals surface area contributed by atoms with Gasteiger partial charge in [0.1, 0.15) is 6.04 Å². The fraction of sp³-hybridized carbons (Fsp3) is 0.542. The van der Waals surface area contributed by atoms with Gasteiger partial charge in [-0.1, -0.05) is 26.0 Å². The van der Waals surface area contributed by atoms with Crippen molar-refractivity contribution in [3.63, 3.8) is 0 Å². The molecule has 2 amide bonds. The number of rotatable bonds is 8. The van der Waals surface area contributed by atoms with Crippen molar-refractivity contribution in [1.82, 2.24) is 15.1 Å². The number of nitrogens with zero attached hydrogens (tertiary/aromatic N) is 2. The van der Waals surface area contributed by atoms with Gasteiger partial charge >= 0.3 is 0 Å². The molecular weight excluding hydrogens is 378 g/mol. The predicted molar refractivity (Wildman–Crippen MR) is 122 cm³/mol. The standard InChI is InChI=1S/C22H31N3O3.C2H6/c1-5-6-7-20(21(27)23-2)25(4)22(28)19-9-8-17(14-18(19)15-26)16-10-12-24(3)13-11-16;1-2/h5,8-9,14-16,20H,1,6-7,10-13H2,2-4H3,(H,23,27);1-2H3. The predicted octanol–water partition coefficient (Wildman–Crippen LogP) is 3.49. The molecule has 1 saturated heterocycles. The van der Waals surface area contributed by atoms with Crippen LogP contribution in [0, 0.1) is 0 Å². The van der Waals surface area contributed by atoms with Crippen molar-refractivity contribution in [3.05, 3.63) is 47.5 Å². The average molecular weight is 416 g/mol. The van der Waals surface area contributed by atoms with Crippen LogP contribution in [0.25, 0.3) is 0 Å². The fourth-order valence-electron chi connectivity index (χ4n) is 3.74. The molecule has 1 atom stereocenters. The topological polar surface area (TPSA) is 69.7 Å². The third-order valence-electron chi connectivity index (χ3n) is 5.60. The van der Waals surface area contributed by atoms with E-state index in [0.29, 0.717) is 29.9 Å². The van der Waals surface area contributed by atoms with Crippen molar-refractivity contribution in [1.29, 1.82) is 0 Å². The van der Waals surface area contributed by atoms with Crippen LogP contribution < -0.4 is 5.32 Å². The lowest BCUT2D eigenvalue weighted by atomic mass is 9.87. The zero-order chi connectivity index (χ0) is 22.7. The molecule has 0 bridgehead atoms. The number of carbonyl (C=O) groups is 3. The summed E-state index contributed by atoms with van der Waals surface area (Å²) in [6.45, 7) is 9.74. The minimum absolute atomic E-state index is 0.228. The molecule has 2 rings (SSSR count). The number of benzene rings is 1. The Morgan fingerprint density at radius 3 is 2.47 bits per heavy atom. The van der Waals surface area contributed by atoms with E-state index in [-0.39, 0.29) is 11.8 Å². The number of hydrogen-bond donors (Lipinski definition) is 1. The van der Waals surface area contributed by atoms with Crippen LogP contribution in [0.3, 0.4) is 0 Å². The van der Waals surface area contributed by atoms with Crippen molar-refractivity contribution in [3.8, 4) is 0 Å². The van der Waals surface area contributed by atoms with Gasteiger partial charge in [0.05, 0.1) is 5.56 Å². The number of piperidine rings is 1. The lowest BCUT2D eigenvalue weighted by Gasteiger charge is -2.30. The third kappa shape index (κ3) is 6.52. The second-order valence-electron chi connectivity index (χ2n) is 7.45. The third-order valence-corrected chi connectivity index (χ3v) is 5.60. The molecule has 6 nitrogen and oxygen atoms in total. The summed E-state index contributed by atoms with van der Waals surface area (Å²) in [4.78, 5) is 40.7. The van der Waals surface area contributed by atoms with E-state index in [1.165, 1.54) is 4.90 Å². The van der Waals surface area contributed by atoms with Gasteiger partial charge < -0.3 is 15.1 Å². The first-order chi connectivity index (χ1) is 14.4. The first-order valence-corrected chi connectivity index (χ1v) is 10.8. The van der Waals surface area contributed by atoms with Gasteiger partial charge in [0.15, 0.2) is 6.29 Å². The van der Waals surface area contributed by atoms with Crippen molar-refractivity contribution < 1.29 is 14.4 Å². The summed E-state index contributed by atoms with van der Waals surface area (Å²) >= 11 is 0. The van der Waals surface area contributed by atoms with Crippen LogP contribution in [0.1, 0.15) is 71.7 Å². The zero-order valence-corrected chi connectivity index (χ0v) is 19.1. The molecule has 0 aromatic heterocycles. The molecule has 1 aliphatic heterocycles. The number of nitrogens with one attached hydrogen (secondary N) is 1. The number of amides is 2. The quantitative estimate of drug-likeness (QED) is 0.521. The van der Waals surface area contributed by atoms with E-state index in [0.717, 1.165) is 37.8 Å². The summed E-state index contributed by atoms with van der Waals surface area (Å²) in [5, 5.41) is 2.60. The van der Waals surface area contributed by atoms with Gasteiger partial charge in [0.2, 0.25) is 5.91 Å². The smallest absolute Gasteiger partial charge is 0.255 e. The molecule has 30 heavy (non-hydrogen) atoms. The number of aldehydes is 1. The molecule has 166 valence electrons. The van der Waals surface area contributed by atoms with Gasteiger partial charge in [-0.15, -0.1) is 6.58 Å². The summed E-state index contributed by atoms with van der Waals surface area (Å²) in [6, 6.07) is 4.90. The lowest BCUT2D eigenvalue weighted by molar-refractivity contribution is -0.125. The van der Waals surface area contributed by atoms with E-state index in [1.54, 1.807) is 26.2 Å². The largest absolute Gasteiger partial charge is 0.357 e. The summed E-state index contributed by atoms with van der Waals surface area (Å²) in [5.41, 5.74) is 1.82. The Hall–Kier alpha value is -2.47. The van der Waals surface area contributed by atoms with Crippen LogP contribution in [-0.4, -0.2) is 68.2 Å². The Balaban J connectivity index is 0.00000218. The van der Waals surface area contributed by atoms with Gasteiger partial charge in [-0.25, -0.2) is 0 Å². The molecule has 0 spiro atoms. The summed E-state index contributed by atoms with van der Waals surface area (Å²) in [6.07, 6.45) is 5.64. The minimum Gasteiger partial charge on any atom is -0.357 e. The van der Waals surface area contributed by atoms with Crippen LogP contribution in [-0.2, 0) is 4.79 Å². The summed E-state index contributed by atoms with van der Waals surface area (Å²) < 4.78 is 0. The number of allylic oxidation sites excluding steroid dienone is 1. The second kappa shape index (κ2) is 13.0. The highest BCUT2D eigenvalue weighted by atomic mass is 16.2. The van der Waals surface area contributed by atoms with Crippen LogP contribution in [0.2, 0.25) is 0 Å². The highest BCUT2D eigenvalue weighted by Crippen LogP contribution is 2.29. The summed E-state index contributed by atoms with van der Waals surface area (Å²) in [7, 11) is 5.26. The maximum Gasteiger partial charge on any atom is 0.255 e. The van der Waals surface area contributed by atoms with E-state index in [1.807, 2.05) is 26.0 Å². The van der Waals surface area contributed by atoms with E-state index >= 15 is 0 Å². The first-order valence-electron chi connectivity index (χ1n) is 10.8. The Labute approximate surface area is 181 Å². The number of hydrogen-bond acceptors (Lipinski definition) is 4. The average Bonchev–Trinajstić information content (AvgIpc) is 2.79. The Bertz CT molecular complexity index is 724. The molecule has 1 aromatic carbocycles. The molecule has 1 N–H and O–H groups in total. The molecule has 1 aromatic rings. The minimum atomic E-state index is -0.608. The SMILES string of the molecule is C=CCCC(C(=O)NC)N(C)C(=O)c1ccc(C2CCN(C)CC2)cc1C=O.CC. The van der Waals surface area contributed by atoms with Crippen LogP contribution in [0.4, 0.5) is 0 Å². The highest BCUT2D eigenvalue weighted by Gasteiger charge is 2.28. The first kappa shape index (κ1) is 25.6. The van der Waals surface area contributed by atoms with Gasteiger partial charge in [-0.3, -0.25) is 14.4 Å². The molecule has 1 heterocycles. The maximum absolute atomic E-state index is 13.0. The fourth-order valence-corrected chi connectivity index (χ4v) is 3.74.